The molecule has 0 saturated heterocycles. The molecule has 0 aliphatic carbocycles. The number of hydrogen-bond acceptors (Lipinski definition) is 0. The van der Waals surface area contributed by atoms with Crippen LogP contribution in [0.2, 0.25) is 5.02 Å². The molecule has 3 aromatic rings. The van der Waals surface area contributed by atoms with Crippen LogP contribution in [-0.2, 0) is 0 Å². The fourth-order valence-electron chi connectivity index (χ4n) is 3.67. The van der Waals surface area contributed by atoms with Gasteiger partial charge in [0.1, 0.15) is 8.80 Å². The van der Waals surface area contributed by atoms with E-state index in [4.69, 9.17) is 11.6 Å². The highest BCUT2D eigenvalue weighted by molar-refractivity contribution is 6.97. The van der Waals surface area contributed by atoms with Gasteiger partial charge in [-0.15, -0.1) is 0 Å². The maximum atomic E-state index is 6.64. The van der Waals surface area contributed by atoms with Crippen LogP contribution in [0.3, 0.4) is 0 Å². The van der Waals surface area contributed by atoms with Gasteiger partial charge in [0.05, 0.1) is 0 Å². The first-order chi connectivity index (χ1) is 11.5. The molecule has 0 N–H and O–H groups in total. The highest BCUT2D eigenvalue weighted by Crippen LogP contribution is 2.11. The van der Waals surface area contributed by atoms with Crippen LogP contribution in [0.1, 0.15) is 22.3 Å². The SMILES string of the molecule is Cc1cc(C)cc([SiH](c2ccccc2Cl)c2c(C)cccc2C)c1. The summed E-state index contributed by atoms with van der Waals surface area (Å²) in [5.41, 5.74) is 5.37. The van der Waals surface area contributed by atoms with Crippen molar-refractivity contribution in [3.05, 3.63) is 87.9 Å². The molecule has 0 nitrogen and oxygen atoms in total. The van der Waals surface area contributed by atoms with E-state index in [9.17, 15) is 0 Å². The van der Waals surface area contributed by atoms with Crippen molar-refractivity contribution in [3.63, 3.8) is 0 Å². The summed E-state index contributed by atoms with van der Waals surface area (Å²) >= 11 is 6.64. The van der Waals surface area contributed by atoms with Gasteiger partial charge in [-0.05, 0) is 44.1 Å². The van der Waals surface area contributed by atoms with Crippen molar-refractivity contribution in [1.29, 1.82) is 0 Å². The third kappa shape index (κ3) is 3.33. The zero-order valence-corrected chi connectivity index (χ0v) is 16.6. The van der Waals surface area contributed by atoms with E-state index < -0.39 is 8.80 Å². The van der Waals surface area contributed by atoms with Crippen LogP contribution < -0.4 is 15.6 Å². The lowest BCUT2D eigenvalue weighted by atomic mass is 10.1. The zero-order chi connectivity index (χ0) is 17.3. The van der Waals surface area contributed by atoms with Gasteiger partial charge in [-0.3, -0.25) is 0 Å². The van der Waals surface area contributed by atoms with E-state index in [1.54, 1.807) is 0 Å². The first-order valence-electron chi connectivity index (χ1n) is 8.36. The summed E-state index contributed by atoms with van der Waals surface area (Å²) < 4.78 is 0. The molecule has 1 unspecified atom stereocenters. The van der Waals surface area contributed by atoms with Gasteiger partial charge in [0.15, 0.2) is 0 Å². The van der Waals surface area contributed by atoms with E-state index in [0.29, 0.717) is 0 Å². The third-order valence-electron chi connectivity index (χ3n) is 4.62. The average molecular weight is 351 g/mol. The molecule has 0 aromatic heterocycles. The standard InChI is InChI=1S/C22H23ClSi/c1-15-12-16(2)14-19(13-15)24(21-11-6-5-10-20(21)23)22-17(3)8-7-9-18(22)4/h5-14,24H,1-4H3. The summed E-state index contributed by atoms with van der Waals surface area (Å²) in [6.07, 6.45) is 0. The molecule has 0 fully saturated rings. The molecule has 0 amide bonds. The van der Waals surface area contributed by atoms with Crippen molar-refractivity contribution < 1.29 is 0 Å². The summed E-state index contributed by atoms with van der Waals surface area (Å²) in [5.74, 6) is 0. The van der Waals surface area contributed by atoms with Gasteiger partial charge in [0.2, 0.25) is 0 Å². The molecule has 0 radical (unpaired) electrons. The molecule has 0 bridgehead atoms. The number of rotatable bonds is 3. The second kappa shape index (κ2) is 6.96. The van der Waals surface area contributed by atoms with Crippen molar-refractivity contribution in [2.24, 2.45) is 0 Å². The monoisotopic (exact) mass is 350 g/mol. The predicted molar refractivity (Wildman–Crippen MR) is 109 cm³/mol. The Morgan fingerprint density at radius 1 is 0.708 bits per heavy atom. The Morgan fingerprint density at radius 3 is 1.88 bits per heavy atom. The lowest BCUT2D eigenvalue weighted by Gasteiger charge is -2.23. The van der Waals surface area contributed by atoms with Crippen LogP contribution in [0.5, 0.6) is 0 Å². The maximum absolute atomic E-state index is 6.64. The summed E-state index contributed by atoms with van der Waals surface area (Å²) in [5, 5.41) is 5.13. The Bertz CT molecular complexity index is 842. The van der Waals surface area contributed by atoms with Gasteiger partial charge in [0.25, 0.3) is 0 Å². The molecule has 0 aliphatic rings. The summed E-state index contributed by atoms with van der Waals surface area (Å²) in [4.78, 5) is 0. The molecule has 0 aliphatic heterocycles. The highest BCUT2D eigenvalue weighted by atomic mass is 35.5. The molecule has 2 heteroatoms. The zero-order valence-electron chi connectivity index (χ0n) is 14.7. The minimum atomic E-state index is -1.61. The molecule has 1 atom stereocenters. The molecular formula is C22H23ClSi. The molecule has 122 valence electrons. The first kappa shape index (κ1) is 17.0. The van der Waals surface area contributed by atoms with Gasteiger partial charge >= 0.3 is 0 Å². The Balaban J connectivity index is 2.32. The molecular weight excluding hydrogens is 328 g/mol. The minimum absolute atomic E-state index is 0.885. The van der Waals surface area contributed by atoms with Crippen molar-refractivity contribution >= 4 is 36.0 Å². The summed E-state index contributed by atoms with van der Waals surface area (Å²) in [6.45, 7) is 8.81. The van der Waals surface area contributed by atoms with Gasteiger partial charge in [-0.2, -0.15) is 0 Å². The Hall–Kier alpha value is -1.83. The van der Waals surface area contributed by atoms with Gasteiger partial charge < -0.3 is 0 Å². The van der Waals surface area contributed by atoms with Gasteiger partial charge in [-0.1, -0.05) is 93.6 Å². The lowest BCUT2D eigenvalue weighted by molar-refractivity contribution is 1.40. The van der Waals surface area contributed by atoms with Crippen LogP contribution in [0.25, 0.3) is 0 Å². The predicted octanol–water partition coefficient (Wildman–Crippen LogP) is 3.82. The quantitative estimate of drug-likeness (QED) is 0.497. The fraction of sp³-hybridized carbons (Fsp3) is 0.182. The third-order valence-corrected chi connectivity index (χ3v) is 8.77. The number of hydrogen-bond donors (Lipinski definition) is 0. The van der Waals surface area contributed by atoms with Gasteiger partial charge in [-0.25, -0.2) is 0 Å². The van der Waals surface area contributed by atoms with Crippen molar-refractivity contribution in [2.75, 3.05) is 0 Å². The second-order valence-corrected chi connectivity index (χ2v) is 9.82. The van der Waals surface area contributed by atoms with E-state index >= 15 is 0 Å². The van der Waals surface area contributed by atoms with Crippen LogP contribution in [-0.4, -0.2) is 8.80 Å². The van der Waals surface area contributed by atoms with Crippen molar-refractivity contribution in [2.45, 2.75) is 27.7 Å². The largest absolute Gasteiger partial charge is 0.135 e. The van der Waals surface area contributed by atoms with Crippen molar-refractivity contribution in [3.8, 4) is 0 Å². The fourth-order valence-corrected chi connectivity index (χ4v) is 7.77. The summed E-state index contributed by atoms with van der Waals surface area (Å²) in [6, 6.07) is 21.9. The normalized spacial score (nSPS) is 12.2. The van der Waals surface area contributed by atoms with Gasteiger partial charge in [0, 0.05) is 5.02 Å². The van der Waals surface area contributed by atoms with Crippen molar-refractivity contribution in [1.82, 2.24) is 0 Å². The van der Waals surface area contributed by atoms with Crippen LogP contribution in [0.15, 0.2) is 60.7 Å². The highest BCUT2D eigenvalue weighted by Gasteiger charge is 2.24. The average Bonchev–Trinajstić information content (AvgIpc) is 2.51. The van der Waals surface area contributed by atoms with E-state index in [2.05, 4.69) is 76.2 Å². The van der Waals surface area contributed by atoms with E-state index in [1.165, 1.54) is 37.8 Å². The topological polar surface area (TPSA) is 0 Å². The Kier molecular flexibility index (Phi) is 4.93. The van der Waals surface area contributed by atoms with Crippen LogP contribution in [0, 0.1) is 27.7 Å². The van der Waals surface area contributed by atoms with Crippen LogP contribution >= 0.6 is 11.6 Å². The second-order valence-electron chi connectivity index (χ2n) is 6.68. The van der Waals surface area contributed by atoms with E-state index in [-0.39, 0.29) is 0 Å². The molecule has 0 saturated carbocycles. The summed E-state index contributed by atoms with van der Waals surface area (Å²) in [7, 11) is -1.61. The number of aryl methyl sites for hydroxylation is 4. The van der Waals surface area contributed by atoms with E-state index in [1.807, 2.05) is 12.1 Å². The molecule has 0 heterocycles. The smallest absolute Gasteiger partial charge is 0.0845 e. The Morgan fingerprint density at radius 2 is 1.29 bits per heavy atom. The molecule has 3 rings (SSSR count). The van der Waals surface area contributed by atoms with E-state index in [0.717, 1.165) is 5.02 Å². The molecule has 3 aromatic carbocycles. The minimum Gasteiger partial charge on any atom is -0.0845 e. The van der Waals surface area contributed by atoms with Crippen LogP contribution in [0.4, 0.5) is 0 Å². The first-order valence-corrected chi connectivity index (χ1v) is 10.5. The number of halogens is 1. The molecule has 0 spiro atoms. The number of benzene rings is 3. The Labute approximate surface area is 151 Å². The maximum Gasteiger partial charge on any atom is 0.135 e. The molecule has 24 heavy (non-hydrogen) atoms. The lowest BCUT2D eigenvalue weighted by Crippen LogP contribution is -2.54.